The maximum absolute atomic E-state index is 12.4. The molecule has 6 nitrogen and oxygen atoms in total. The fourth-order valence-electron chi connectivity index (χ4n) is 2.29. The van der Waals surface area contributed by atoms with Crippen molar-refractivity contribution in [2.45, 2.75) is 6.61 Å². The molecule has 0 atom stereocenters. The van der Waals surface area contributed by atoms with E-state index < -0.39 is 0 Å². The largest absolute Gasteiger partial charge is 0.380 e. The van der Waals surface area contributed by atoms with Crippen LogP contribution in [0.15, 0.2) is 59.7 Å². The van der Waals surface area contributed by atoms with Gasteiger partial charge in [-0.15, -0.1) is 0 Å². The molecule has 0 saturated heterocycles. The Bertz CT molecular complexity index is 918. The molecule has 1 aromatic heterocycles. The number of hydrogen-bond acceptors (Lipinski definition) is 4. The molecule has 1 N–H and O–H groups in total. The minimum absolute atomic E-state index is 0.322. The number of carbonyl (C=O) groups excluding carboxylic acids is 1. The highest BCUT2D eigenvalue weighted by Crippen LogP contribution is 2.07. The molecule has 3 aromatic rings. The standard InChI is InChI=1S/C17H15N3O3/c1-23-10-12-5-4-6-13(9-12)16(21)19-20-11-18-15-8-3-2-7-14(15)17(20)22/h2-9,11H,10H2,1H3,(H,19,21). The second-order valence-corrected chi connectivity index (χ2v) is 5.01. The molecule has 0 radical (unpaired) electrons. The minimum Gasteiger partial charge on any atom is -0.380 e. The van der Waals surface area contributed by atoms with Crippen LogP contribution < -0.4 is 11.0 Å². The van der Waals surface area contributed by atoms with Gasteiger partial charge in [0.05, 0.1) is 17.5 Å². The monoisotopic (exact) mass is 309 g/mol. The molecule has 23 heavy (non-hydrogen) atoms. The van der Waals surface area contributed by atoms with E-state index in [9.17, 15) is 9.59 Å². The molecule has 0 unspecified atom stereocenters. The van der Waals surface area contributed by atoms with Gasteiger partial charge in [0, 0.05) is 12.7 Å². The van der Waals surface area contributed by atoms with Crippen LogP contribution in [0.4, 0.5) is 0 Å². The van der Waals surface area contributed by atoms with Crippen LogP contribution in [0.25, 0.3) is 10.9 Å². The lowest BCUT2D eigenvalue weighted by Crippen LogP contribution is -2.33. The quantitative estimate of drug-likeness (QED) is 0.799. The van der Waals surface area contributed by atoms with E-state index >= 15 is 0 Å². The predicted molar refractivity (Wildman–Crippen MR) is 86.8 cm³/mol. The number of rotatable bonds is 4. The van der Waals surface area contributed by atoms with Crippen LogP contribution in [-0.4, -0.2) is 22.7 Å². The summed E-state index contributed by atoms with van der Waals surface area (Å²) in [5.41, 5.74) is 4.14. The van der Waals surface area contributed by atoms with Gasteiger partial charge in [-0.25, -0.2) is 9.66 Å². The predicted octanol–water partition coefficient (Wildman–Crippen LogP) is 1.93. The summed E-state index contributed by atoms with van der Waals surface area (Å²) in [7, 11) is 1.59. The Morgan fingerprint density at radius 1 is 1.22 bits per heavy atom. The Balaban J connectivity index is 1.90. The molecule has 0 spiro atoms. The zero-order chi connectivity index (χ0) is 16.2. The van der Waals surface area contributed by atoms with Crippen LogP contribution in [0.1, 0.15) is 15.9 Å². The zero-order valence-corrected chi connectivity index (χ0v) is 12.5. The average molecular weight is 309 g/mol. The number of methoxy groups -OCH3 is 1. The Morgan fingerprint density at radius 2 is 2.04 bits per heavy atom. The molecule has 6 heteroatoms. The van der Waals surface area contributed by atoms with E-state index in [1.54, 1.807) is 49.6 Å². The van der Waals surface area contributed by atoms with Gasteiger partial charge in [0.1, 0.15) is 6.33 Å². The van der Waals surface area contributed by atoms with Crippen LogP contribution in [0, 0.1) is 0 Å². The van der Waals surface area contributed by atoms with Gasteiger partial charge in [-0.3, -0.25) is 15.0 Å². The number of fused-ring (bicyclic) bond motifs is 1. The van der Waals surface area contributed by atoms with Crippen molar-refractivity contribution >= 4 is 16.8 Å². The summed E-state index contributed by atoms with van der Waals surface area (Å²) in [5.74, 6) is -0.387. The van der Waals surface area contributed by atoms with E-state index in [0.29, 0.717) is 23.1 Å². The number of hydrogen-bond donors (Lipinski definition) is 1. The Hall–Kier alpha value is -2.99. The van der Waals surface area contributed by atoms with Gasteiger partial charge in [0.15, 0.2) is 0 Å². The van der Waals surface area contributed by atoms with Crippen LogP contribution >= 0.6 is 0 Å². The van der Waals surface area contributed by atoms with Gasteiger partial charge < -0.3 is 4.74 Å². The van der Waals surface area contributed by atoms with Crippen LogP contribution in [-0.2, 0) is 11.3 Å². The number of aromatic nitrogens is 2. The Kier molecular flexibility index (Phi) is 4.16. The van der Waals surface area contributed by atoms with Crippen LogP contribution in [0.3, 0.4) is 0 Å². The van der Waals surface area contributed by atoms with Crippen molar-refractivity contribution in [2.24, 2.45) is 0 Å². The van der Waals surface area contributed by atoms with Crippen molar-refractivity contribution in [3.8, 4) is 0 Å². The lowest BCUT2D eigenvalue weighted by molar-refractivity contribution is 0.101. The highest BCUT2D eigenvalue weighted by molar-refractivity contribution is 6.00. The lowest BCUT2D eigenvalue weighted by Gasteiger charge is -2.09. The maximum atomic E-state index is 12.4. The first-order valence-corrected chi connectivity index (χ1v) is 7.04. The summed E-state index contributed by atoms with van der Waals surface area (Å²) in [6.07, 6.45) is 1.31. The average Bonchev–Trinajstić information content (AvgIpc) is 2.58. The summed E-state index contributed by atoms with van der Waals surface area (Å²) in [5, 5.41) is 0.448. The Morgan fingerprint density at radius 3 is 2.87 bits per heavy atom. The van der Waals surface area contributed by atoms with E-state index in [4.69, 9.17) is 4.74 Å². The second-order valence-electron chi connectivity index (χ2n) is 5.01. The van der Waals surface area contributed by atoms with E-state index in [1.165, 1.54) is 6.33 Å². The third-order valence-electron chi connectivity index (χ3n) is 3.39. The van der Waals surface area contributed by atoms with Gasteiger partial charge in [-0.2, -0.15) is 0 Å². The third-order valence-corrected chi connectivity index (χ3v) is 3.39. The Labute approximate surface area is 132 Å². The summed E-state index contributed by atoms with van der Waals surface area (Å²) in [6.45, 7) is 0.415. The van der Waals surface area contributed by atoms with Crippen molar-refractivity contribution in [3.63, 3.8) is 0 Å². The number of carbonyl (C=O) groups is 1. The molecule has 0 saturated carbocycles. The zero-order valence-electron chi connectivity index (χ0n) is 12.5. The lowest BCUT2D eigenvalue weighted by atomic mass is 10.1. The summed E-state index contributed by atoms with van der Waals surface area (Å²) in [4.78, 5) is 28.8. The third kappa shape index (κ3) is 3.12. The van der Waals surface area contributed by atoms with Gasteiger partial charge >= 0.3 is 0 Å². The number of nitrogens with zero attached hydrogens (tertiary/aromatic N) is 2. The molecule has 1 amide bonds. The van der Waals surface area contributed by atoms with Gasteiger partial charge in [0.25, 0.3) is 11.5 Å². The number of nitrogens with one attached hydrogen (secondary N) is 1. The van der Waals surface area contributed by atoms with Gasteiger partial charge in [-0.05, 0) is 29.8 Å². The molecule has 0 aliphatic heterocycles. The van der Waals surface area contributed by atoms with Gasteiger partial charge in [-0.1, -0.05) is 24.3 Å². The van der Waals surface area contributed by atoms with E-state index in [2.05, 4.69) is 10.4 Å². The molecule has 1 heterocycles. The normalized spacial score (nSPS) is 10.7. The number of para-hydroxylation sites is 1. The van der Waals surface area contributed by atoms with Crippen molar-refractivity contribution in [1.82, 2.24) is 9.66 Å². The molecule has 3 rings (SSSR count). The van der Waals surface area contributed by atoms with E-state index in [1.807, 2.05) is 6.07 Å². The molecule has 0 aliphatic rings. The SMILES string of the molecule is COCc1cccc(C(=O)Nn2cnc3ccccc3c2=O)c1. The number of benzene rings is 2. The molecule has 0 bridgehead atoms. The van der Waals surface area contributed by atoms with Crippen LogP contribution in [0.2, 0.25) is 0 Å². The summed E-state index contributed by atoms with van der Waals surface area (Å²) < 4.78 is 6.14. The molecule has 0 aliphatic carbocycles. The summed E-state index contributed by atoms with van der Waals surface area (Å²) >= 11 is 0. The number of ether oxygens (including phenoxy) is 1. The van der Waals surface area contributed by atoms with Crippen molar-refractivity contribution in [3.05, 3.63) is 76.3 Å². The van der Waals surface area contributed by atoms with E-state index in [-0.39, 0.29) is 11.5 Å². The van der Waals surface area contributed by atoms with Crippen molar-refractivity contribution in [1.29, 1.82) is 0 Å². The number of amides is 1. The molecular weight excluding hydrogens is 294 g/mol. The van der Waals surface area contributed by atoms with Crippen molar-refractivity contribution in [2.75, 3.05) is 12.5 Å². The first-order chi connectivity index (χ1) is 11.2. The summed E-state index contributed by atoms with van der Waals surface area (Å²) in [6, 6.07) is 14.0. The highest BCUT2D eigenvalue weighted by Gasteiger charge is 2.09. The molecule has 2 aromatic carbocycles. The maximum Gasteiger partial charge on any atom is 0.280 e. The smallest absolute Gasteiger partial charge is 0.280 e. The fourth-order valence-corrected chi connectivity index (χ4v) is 2.29. The second kappa shape index (κ2) is 6.41. The minimum atomic E-state index is -0.387. The van der Waals surface area contributed by atoms with Gasteiger partial charge in [0.2, 0.25) is 0 Å². The molecule has 0 fully saturated rings. The molecular formula is C17H15N3O3. The topological polar surface area (TPSA) is 73.2 Å². The van der Waals surface area contributed by atoms with Crippen LogP contribution in [0.5, 0.6) is 0 Å². The first kappa shape index (κ1) is 14.9. The highest BCUT2D eigenvalue weighted by atomic mass is 16.5. The molecule has 116 valence electrons. The van der Waals surface area contributed by atoms with E-state index in [0.717, 1.165) is 10.2 Å². The van der Waals surface area contributed by atoms with Crippen molar-refractivity contribution < 1.29 is 9.53 Å². The first-order valence-electron chi connectivity index (χ1n) is 7.04. The fraction of sp³-hybridized carbons (Fsp3) is 0.118.